The Morgan fingerprint density at radius 3 is 2.07 bits per heavy atom. The molecule has 0 radical (unpaired) electrons. The third-order valence-electron chi connectivity index (χ3n) is 9.22. The summed E-state index contributed by atoms with van der Waals surface area (Å²) in [5, 5.41) is 0. The van der Waals surface area contributed by atoms with E-state index >= 15 is 0 Å². The molecular formula is C31H36O10. The number of ether oxygens (including phenoxy) is 5. The van der Waals surface area contributed by atoms with Gasteiger partial charge in [0.2, 0.25) is 0 Å². The highest BCUT2D eigenvalue weighted by Gasteiger charge is 2.78. The van der Waals surface area contributed by atoms with Gasteiger partial charge in [-0.2, -0.15) is 0 Å². The van der Waals surface area contributed by atoms with Crippen molar-refractivity contribution in [3.8, 4) is 0 Å². The standard InChI is InChI=1S/C31H36O10/c1-17-14-23(37-18(2)32)25(39-28(35)21-12-13-36-16-21)30(6)26(40-27(34)20-10-8-7-9-11-20)24(38-19(3)33)22-15-31(17,30)41-29(22,4)5/h7-13,16-17,22-26H,14-15H2,1-6H3/t17-,22+,23-,24-,25+,26+,30+,31+/m1/s1. The SMILES string of the molecule is CC(=O)O[C@@H]1[C@@H]2C[C@]3(OC2(C)C)[C@H](C)C[C@@H](OC(C)=O)[C@H](OC(=O)c2ccoc2)[C@@]3(C)[C@H]1OC(=O)c1ccccc1. The third-order valence-corrected chi connectivity index (χ3v) is 9.22. The predicted octanol–water partition coefficient (Wildman–Crippen LogP) is 4.51. The summed E-state index contributed by atoms with van der Waals surface area (Å²) >= 11 is 0. The van der Waals surface area contributed by atoms with Gasteiger partial charge in [0.1, 0.15) is 18.5 Å². The Balaban J connectivity index is 1.69. The molecule has 0 N–H and O–H groups in total. The first kappa shape index (κ1) is 28.9. The number of benzene rings is 1. The Morgan fingerprint density at radius 2 is 1.46 bits per heavy atom. The molecule has 1 aromatic carbocycles. The maximum atomic E-state index is 13.6. The van der Waals surface area contributed by atoms with E-state index in [4.69, 9.17) is 28.1 Å². The molecule has 1 aliphatic heterocycles. The summed E-state index contributed by atoms with van der Waals surface area (Å²) in [6, 6.07) is 9.93. The van der Waals surface area contributed by atoms with Gasteiger partial charge in [-0.15, -0.1) is 0 Å². The van der Waals surface area contributed by atoms with Crippen molar-refractivity contribution in [3.05, 3.63) is 60.1 Å². The highest BCUT2D eigenvalue weighted by atomic mass is 16.6. The van der Waals surface area contributed by atoms with E-state index in [0.29, 0.717) is 18.4 Å². The van der Waals surface area contributed by atoms with Crippen LogP contribution in [0.25, 0.3) is 0 Å². The van der Waals surface area contributed by atoms with E-state index in [1.807, 2.05) is 27.7 Å². The highest BCUT2D eigenvalue weighted by Crippen LogP contribution is 2.67. The molecule has 3 fully saturated rings. The number of hydrogen-bond donors (Lipinski definition) is 0. The molecule has 10 nitrogen and oxygen atoms in total. The lowest BCUT2D eigenvalue weighted by Gasteiger charge is -2.62. The molecule has 0 amide bonds. The van der Waals surface area contributed by atoms with E-state index in [9.17, 15) is 19.2 Å². The van der Waals surface area contributed by atoms with Gasteiger partial charge in [0, 0.05) is 19.8 Å². The lowest BCUT2D eigenvalue weighted by molar-refractivity contribution is -0.287. The first-order chi connectivity index (χ1) is 19.3. The summed E-state index contributed by atoms with van der Waals surface area (Å²) in [5.41, 5.74) is -2.64. The maximum absolute atomic E-state index is 13.6. The summed E-state index contributed by atoms with van der Waals surface area (Å²) < 4.78 is 36.2. The minimum absolute atomic E-state index is 0.165. The molecule has 220 valence electrons. The van der Waals surface area contributed by atoms with Gasteiger partial charge >= 0.3 is 23.9 Å². The van der Waals surface area contributed by atoms with Crippen molar-refractivity contribution in [1.82, 2.24) is 0 Å². The number of esters is 4. The molecule has 5 rings (SSSR count). The average Bonchev–Trinajstić information content (AvgIpc) is 3.53. The van der Waals surface area contributed by atoms with Gasteiger partial charge in [0.25, 0.3) is 0 Å². The third kappa shape index (κ3) is 4.71. The normalized spacial score (nSPS) is 35.1. The predicted molar refractivity (Wildman–Crippen MR) is 143 cm³/mol. The Morgan fingerprint density at radius 1 is 0.829 bits per heavy atom. The fourth-order valence-electron chi connectivity index (χ4n) is 7.45. The average molecular weight is 569 g/mol. The van der Waals surface area contributed by atoms with Crippen LogP contribution in [0, 0.1) is 17.3 Å². The molecule has 2 aromatic rings. The first-order valence-corrected chi connectivity index (χ1v) is 13.8. The largest absolute Gasteiger partial charge is 0.472 e. The van der Waals surface area contributed by atoms with E-state index in [1.54, 1.807) is 30.3 Å². The van der Waals surface area contributed by atoms with Crippen molar-refractivity contribution in [3.63, 3.8) is 0 Å². The fourth-order valence-corrected chi connectivity index (χ4v) is 7.45. The Kier molecular flexibility index (Phi) is 7.26. The first-order valence-electron chi connectivity index (χ1n) is 13.8. The number of carbonyl (C=O) groups excluding carboxylic acids is 4. The second-order valence-electron chi connectivity index (χ2n) is 12.1. The summed E-state index contributed by atoms with van der Waals surface area (Å²) in [4.78, 5) is 51.8. The molecule has 2 heterocycles. The van der Waals surface area contributed by atoms with Gasteiger partial charge < -0.3 is 28.1 Å². The summed E-state index contributed by atoms with van der Waals surface area (Å²) in [7, 11) is 0. The lowest BCUT2D eigenvalue weighted by atomic mass is 9.49. The quantitative estimate of drug-likeness (QED) is 0.363. The number of rotatable bonds is 6. The highest BCUT2D eigenvalue weighted by molar-refractivity contribution is 5.90. The zero-order valence-electron chi connectivity index (χ0n) is 24.1. The van der Waals surface area contributed by atoms with Crippen LogP contribution in [0.15, 0.2) is 53.3 Å². The van der Waals surface area contributed by atoms with Crippen LogP contribution in [-0.2, 0) is 33.3 Å². The van der Waals surface area contributed by atoms with Crippen molar-refractivity contribution in [2.24, 2.45) is 17.3 Å². The molecule has 1 spiro atoms. The van der Waals surface area contributed by atoms with Crippen LogP contribution in [0.5, 0.6) is 0 Å². The van der Waals surface area contributed by atoms with Gasteiger partial charge in [-0.3, -0.25) is 9.59 Å². The molecule has 8 atom stereocenters. The molecule has 2 saturated carbocycles. The van der Waals surface area contributed by atoms with Crippen molar-refractivity contribution in [1.29, 1.82) is 0 Å². The van der Waals surface area contributed by atoms with Gasteiger partial charge in [0.05, 0.1) is 34.0 Å². The van der Waals surface area contributed by atoms with Crippen molar-refractivity contribution < 1.29 is 47.3 Å². The molecular weight excluding hydrogens is 532 g/mol. The number of furan rings is 1. The van der Waals surface area contributed by atoms with Crippen LogP contribution < -0.4 is 0 Å². The molecule has 1 saturated heterocycles. The van der Waals surface area contributed by atoms with Crippen molar-refractivity contribution >= 4 is 23.9 Å². The van der Waals surface area contributed by atoms with Crippen LogP contribution in [0.4, 0.5) is 0 Å². The van der Waals surface area contributed by atoms with Gasteiger partial charge in [-0.25, -0.2) is 9.59 Å². The van der Waals surface area contributed by atoms with E-state index in [2.05, 4.69) is 0 Å². The molecule has 3 aliphatic rings. The second-order valence-corrected chi connectivity index (χ2v) is 12.1. The molecule has 10 heteroatoms. The van der Waals surface area contributed by atoms with Crippen LogP contribution in [0.3, 0.4) is 0 Å². The number of hydrogen-bond acceptors (Lipinski definition) is 10. The minimum atomic E-state index is -1.32. The smallest absolute Gasteiger partial charge is 0.341 e. The summed E-state index contributed by atoms with van der Waals surface area (Å²) in [6.07, 6.45) is -0.702. The van der Waals surface area contributed by atoms with Gasteiger partial charge in [-0.05, 0) is 57.7 Å². The Bertz CT molecular complexity index is 1320. The summed E-state index contributed by atoms with van der Waals surface area (Å²) in [6.45, 7) is 10.2. The molecule has 0 unspecified atom stereocenters. The molecule has 1 aromatic heterocycles. The Labute approximate surface area is 238 Å². The minimum Gasteiger partial charge on any atom is -0.472 e. The van der Waals surface area contributed by atoms with Crippen LogP contribution in [0.2, 0.25) is 0 Å². The summed E-state index contributed by atoms with van der Waals surface area (Å²) in [5.74, 6) is -3.01. The van der Waals surface area contributed by atoms with Gasteiger partial charge in [0.15, 0.2) is 12.2 Å². The maximum Gasteiger partial charge on any atom is 0.341 e. The molecule has 2 aliphatic carbocycles. The zero-order chi connectivity index (χ0) is 29.7. The van der Waals surface area contributed by atoms with E-state index in [0.717, 1.165) is 0 Å². The molecule has 41 heavy (non-hydrogen) atoms. The van der Waals surface area contributed by atoms with Gasteiger partial charge in [-0.1, -0.05) is 25.1 Å². The van der Waals surface area contributed by atoms with Crippen LogP contribution in [-0.4, -0.2) is 59.5 Å². The van der Waals surface area contributed by atoms with Crippen LogP contribution in [0.1, 0.15) is 75.1 Å². The number of carbonyl (C=O) groups is 4. The van der Waals surface area contributed by atoms with Crippen LogP contribution >= 0.6 is 0 Å². The topological polar surface area (TPSA) is 128 Å². The monoisotopic (exact) mass is 568 g/mol. The van der Waals surface area contributed by atoms with E-state index in [-0.39, 0.29) is 17.4 Å². The number of fused-ring (bicyclic) bond motifs is 1. The second kappa shape index (κ2) is 10.3. The molecule has 2 bridgehead atoms. The zero-order valence-corrected chi connectivity index (χ0v) is 24.1. The fraction of sp³-hybridized carbons (Fsp3) is 0.548. The van der Waals surface area contributed by atoms with Crippen molar-refractivity contribution in [2.45, 2.75) is 90.0 Å². The van der Waals surface area contributed by atoms with E-state index < -0.39 is 64.9 Å². The van der Waals surface area contributed by atoms with Crippen molar-refractivity contribution in [2.75, 3.05) is 0 Å². The van der Waals surface area contributed by atoms with E-state index in [1.165, 1.54) is 32.4 Å². The Hall–Kier alpha value is -3.66. The lowest BCUT2D eigenvalue weighted by Crippen LogP contribution is -2.74.